The van der Waals surface area contributed by atoms with Crippen LogP contribution in [0.15, 0.2) is 83.9 Å². The van der Waals surface area contributed by atoms with Crippen LogP contribution in [-0.2, 0) is 34.2 Å². The van der Waals surface area contributed by atoms with E-state index in [0.717, 1.165) is 42.5 Å². The normalized spacial score (nSPS) is 15.4. The number of hydroxylamine groups is 1. The molecule has 0 saturated carbocycles. The van der Waals surface area contributed by atoms with Crippen LogP contribution in [0.5, 0.6) is 0 Å². The second kappa shape index (κ2) is 10.9. The Labute approximate surface area is 221 Å². The van der Waals surface area contributed by atoms with E-state index in [0.29, 0.717) is 6.54 Å². The van der Waals surface area contributed by atoms with Crippen LogP contribution in [0.1, 0.15) is 40.3 Å². The SMILES string of the molecule is NS(=O)(=O)c1ccc(CN(CCc2c[nH]c3ccccc23)C2CCc3cc(C=CC(=O)NO)ccc32)cc1. The number of rotatable bonds is 9. The van der Waals surface area contributed by atoms with Crippen LogP contribution in [0.2, 0.25) is 0 Å². The molecule has 1 atom stereocenters. The molecule has 1 heterocycles. The Morgan fingerprint density at radius 2 is 1.92 bits per heavy atom. The monoisotopic (exact) mass is 530 g/mol. The summed E-state index contributed by atoms with van der Waals surface area (Å²) >= 11 is 0. The zero-order valence-electron chi connectivity index (χ0n) is 20.8. The van der Waals surface area contributed by atoms with Gasteiger partial charge in [-0.25, -0.2) is 19.0 Å². The lowest BCUT2D eigenvalue weighted by molar-refractivity contribution is -0.124. The van der Waals surface area contributed by atoms with Gasteiger partial charge in [-0.15, -0.1) is 0 Å². The fraction of sp³-hybridized carbons (Fsp3) is 0.207. The van der Waals surface area contributed by atoms with Crippen molar-refractivity contribution in [3.63, 3.8) is 0 Å². The first-order valence-corrected chi connectivity index (χ1v) is 14.0. The topological polar surface area (TPSA) is 129 Å². The number of nitrogens with two attached hydrogens (primary N) is 1. The molecule has 38 heavy (non-hydrogen) atoms. The van der Waals surface area contributed by atoms with Crippen molar-refractivity contribution in [3.8, 4) is 0 Å². The summed E-state index contributed by atoms with van der Waals surface area (Å²) in [5.74, 6) is -0.569. The molecule has 0 radical (unpaired) electrons. The standard InChI is InChI=1S/C29H30N4O4S/c30-38(36,37)24-10-5-21(6-11-24)19-33(16-15-23-18-31-27-4-2-1-3-25(23)27)28-13-9-22-17-20(7-12-26(22)28)8-14-29(34)32-35/h1-8,10-12,14,17-18,28,31,35H,9,13,15-16,19H2,(H,32,34)(H2,30,36,37). The molecular formula is C29H30N4O4S. The molecule has 9 heteroatoms. The van der Waals surface area contributed by atoms with Crippen LogP contribution in [0.25, 0.3) is 17.0 Å². The number of aromatic nitrogens is 1. The zero-order valence-corrected chi connectivity index (χ0v) is 21.6. The number of hydrogen-bond donors (Lipinski definition) is 4. The van der Waals surface area contributed by atoms with Crippen molar-refractivity contribution in [3.05, 3.63) is 107 Å². The van der Waals surface area contributed by atoms with Gasteiger partial charge in [0.15, 0.2) is 0 Å². The molecule has 8 nitrogen and oxygen atoms in total. The average molecular weight is 531 g/mol. The number of nitrogens with one attached hydrogen (secondary N) is 2. The van der Waals surface area contributed by atoms with Gasteiger partial charge in [-0.3, -0.25) is 14.9 Å². The first kappa shape index (κ1) is 25.9. The summed E-state index contributed by atoms with van der Waals surface area (Å²) in [4.78, 5) is 17.3. The Hall–Kier alpha value is -3.76. The van der Waals surface area contributed by atoms with Gasteiger partial charge in [-0.2, -0.15) is 0 Å². The molecule has 196 valence electrons. The van der Waals surface area contributed by atoms with Crippen molar-refractivity contribution in [1.82, 2.24) is 15.4 Å². The number of aryl methyl sites for hydroxylation is 1. The van der Waals surface area contributed by atoms with Gasteiger partial charge in [0.25, 0.3) is 5.91 Å². The molecule has 1 aromatic heterocycles. The number of amides is 1. The third-order valence-electron chi connectivity index (χ3n) is 7.17. The first-order valence-electron chi connectivity index (χ1n) is 12.5. The lowest BCUT2D eigenvalue weighted by Gasteiger charge is -2.30. The molecule has 4 aromatic rings. The van der Waals surface area contributed by atoms with Crippen molar-refractivity contribution in [2.45, 2.75) is 36.7 Å². The van der Waals surface area contributed by atoms with Gasteiger partial charge in [0.1, 0.15) is 0 Å². The molecule has 0 fully saturated rings. The van der Waals surface area contributed by atoms with Gasteiger partial charge in [-0.05, 0) is 71.4 Å². The molecule has 0 spiro atoms. The largest absolute Gasteiger partial charge is 0.361 e. The maximum absolute atomic E-state index is 11.7. The highest BCUT2D eigenvalue weighted by Gasteiger charge is 2.28. The number of carbonyl (C=O) groups is 1. The maximum atomic E-state index is 11.7. The molecule has 0 aliphatic heterocycles. The molecule has 0 bridgehead atoms. The molecule has 3 aromatic carbocycles. The highest BCUT2D eigenvalue weighted by atomic mass is 32.2. The van der Waals surface area contributed by atoms with Gasteiger partial charge in [0.2, 0.25) is 10.0 Å². The molecular weight excluding hydrogens is 500 g/mol. The minimum absolute atomic E-state index is 0.105. The molecule has 1 unspecified atom stereocenters. The van der Waals surface area contributed by atoms with Gasteiger partial charge in [-0.1, -0.05) is 48.5 Å². The quantitative estimate of drug-likeness (QED) is 0.147. The van der Waals surface area contributed by atoms with Gasteiger partial charge >= 0.3 is 0 Å². The lowest BCUT2D eigenvalue weighted by Crippen LogP contribution is -2.29. The van der Waals surface area contributed by atoms with Gasteiger partial charge in [0, 0.05) is 42.3 Å². The Bertz CT molecular complexity index is 1590. The minimum atomic E-state index is -3.74. The van der Waals surface area contributed by atoms with E-state index < -0.39 is 15.9 Å². The number of fused-ring (bicyclic) bond motifs is 2. The highest BCUT2D eigenvalue weighted by Crippen LogP contribution is 2.37. The summed E-state index contributed by atoms with van der Waals surface area (Å²) in [5, 5.41) is 15.2. The summed E-state index contributed by atoms with van der Waals surface area (Å²) in [7, 11) is -3.74. The number of hydrogen-bond acceptors (Lipinski definition) is 5. The van der Waals surface area contributed by atoms with E-state index in [9.17, 15) is 13.2 Å². The van der Waals surface area contributed by atoms with Crippen LogP contribution in [-0.4, -0.2) is 36.0 Å². The summed E-state index contributed by atoms with van der Waals surface area (Å²) in [6.07, 6.45) is 7.80. The second-order valence-electron chi connectivity index (χ2n) is 9.59. The summed E-state index contributed by atoms with van der Waals surface area (Å²) < 4.78 is 23.4. The first-order chi connectivity index (χ1) is 18.3. The van der Waals surface area contributed by atoms with E-state index in [1.165, 1.54) is 28.2 Å². The molecule has 1 amide bonds. The van der Waals surface area contributed by atoms with Crippen molar-refractivity contribution in [2.24, 2.45) is 5.14 Å². The number of carbonyl (C=O) groups excluding carboxylic acids is 1. The molecule has 5 N–H and O–H groups in total. The van der Waals surface area contributed by atoms with Crippen LogP contribution in [0.3, 0.4) is 0 Å². The Morgan fingerprint density at radius 1 is 1.13 bits per heavy atom. The zero-order chi connectivity index (χ0) is 26.7. The van der Waals surface area contributed by atoms with Crippen LogP contribution in [0, 0.1) is 0 Å². The number of aromatic amines is 1. The number of nitrogens with zero attached hydrogens (tertiary/aromatic N) is 1. The molecule has 1 aliphatic carbocycles. The van der Waals surface area contributed by atoms with Crippen molar-refractivity contribution in [2.75, 3.05) is 6.54 Å². The Balaban J connectivity index is 1.41. The van der Waals surface area contributed by atoms with E-state index in [2.05, 4.69) is 40.3 Å². The molecule has 0 saturated heterocycles. The second-order valence-corrected chi connectivity index (χ2v) is 11.2. The van der Waals surface area contributed by atoms with Crippen LogP contribution >= 0.6 is 0 Å². The smallest absolute Gasteiger partial charge is 0.267 e. The molecule has 1 aliphatic rings. The van der Waals surface area contributed by atoms with Crippen LogP contribution < -0.4 is 10.6 Å². The minimum Gasteiger partial charge on any atom is -0.361 e. The number of sulfonamides is 1. The fourth-order valence-electron chi connectivity index (χ4n) is 5.27. The lowest BCUT2D eigenvalue weighted by atomic mass is 10.0. The van der Waals surface area contributed by atoms with Crippen LogP contribution in [0.4, 0.5) is 0 Å². The highest BCUT2D eigenvalue weighted by molar-refractivity contribution is 7.89. The number of benzene rings is 3. The third kappa shape index (κ3) is 5.71. The third-order valence-corrected chi connectivity index (χ3v) is 8.10. The van der Waals surface area contributed by atoms with E-state index in [1.807, 2.05) is 30.3 Å². The predicted octanol–water partition coefficient (Wildman–Crippen LogP) is 4.07. The van der Waals surface area contributed by atoms with Gasteiger partial charge in [0.05, 0.1) is 4.90 Å². The summed E-state index contributed by atoms with van der Waals surface area (Å²) in [5.41, 5.74) is 8.40. The number of H-pyrrole nitrogens is 1. The summed E-state index contributed by atoms with van der Waals surface area (Å²) in [6, 6.07) is 21.5. The maximum Gasteiger partial charge on any atom is 0.267 e. The number of primary sulfonamides is 1. The average Bonchev–Trinajstić information content (AvgIpc) is 3.53. The predicted molar refractivity (Wildman–Crippen MR) is 147 cm³/mol. The number of para-hydroxylation sites is 1. The van der Waals surface area contributed by atoms with Crippen molar-refractivity contribution in [1.29, 1.82) is 0 Å². The van der Waals surface area contributed by atoms with E-state index in [-0.39, 0.29) is 10.9 Å². The van der Waals surface area contributed by atoms with Crippen molar-refractivity contribution >= 4 is 32.9 Å². The van der Waals surface area contributed by atoms with Gasteiger partial charge < -0.3 is 4.98 Å². The van der Waals surface area contributed by atoms with E-state index in [1.54, 1.807) is 23.7 Å². The fourth-order valence-corrected chi connectivity index (χ4v) is 5.79. The Morgan fingerprint density at radius 3 is 2.68 bits per heavy atom. The molecule has 5 rings (SSSR count). The summed E-state index contributed by atoms with van der Waals surface area (Å²) in [6.45, 7) is 1.48. The van der Waals surface area contributed by atoms with E-state index in [4.69, 9.17) is 10.3 Å². The Kier molecular flexibility index (Phi) is 7.44. The van der Waals surface area contributed by atoms with Crippen molar-refractivity contribution < 1.29 is 18.4 Å². The van der Waals surface area contributed by atoms with E-state index >= 15 is 0 Å².